The molecule has 0 bridgehead atoms. The topological polar surface area (TPSA) is 46.9 Å². The first-order valence-corrected chi connectivity index (χ1v) is 11.9. The lowest BCUT2D eigenvalue weighted by molar-refractivity contribution is 0.0952. The summed E-state index contributed by atoms with van der Waals surface area (Å²) in [4.78, 5) is 17.4. The van der Waals surface area contributed by atoms with E-state index in [9.17, 15) is 4.79 Å². The standard InChI is InChI=1S/C27H37N3O/c1-4-5-6-7-8-11-19-30-25-14-10-9-13-24(25)29-26(30)15-12-18-28-27(31)23-17-16-21(2)20-22(23)3/h9-10,13-14,16-17,20H,4-8,11-12,15,18-19H2,1-3H3,(H,28,31). The highest BCUT2D eigenvalue weighted by Gasteiger charge is 2.11. The van der Waals surface area contributed by atoms with E-state index in [1.165, 1.54) is 49.6 Å². The second kappa shape index (κ2) is 11.7. The zero-order valence-electron chi connectivity index (χ0n) is 19.4. The molecule has 3 rings (SSSR count). The predicted molar refractivity (Wildman–Crippen MR) is 130 cm³/mol. The molecule has 0 saturated carbocycles. The minimum atomic E-state index is 0.0121. The molecule has 3 aromatic rings. The van der Waals surface area contributed by atoms with E-state index in [1.807, 2.05) is 26.0 Å². The van der Waals surface area contributed by atoms with Crippen LogP contribution in [0.5, 0.6) is 0 Å². The molecule has 0 spiro atoms. The van der Waals surface area contributed by atoms with Crippen molar-refractivity contribution in [3.05, 3.63) is 65.0 Å². The molecule has 1 heterocycles. The third kappa shape index (κ3) is 6.43. The van der Waals surface area contributed by atoms with Crippen LogP contribution in [0.4, 0.5) is 0 Å². The fourth-order valence-corrected chi connectivity index (χ4v) is 4.23. The number of carbonyl (C=O) groups is 1. The second-order valence-electron chi connectivity index (χ2n) is 8.61. The van der Waals surface area contributed by atoms with E-state index in [1.54, 1.807) is 0 Å². The average Bonchev–Trinajstić information content (AvgIpc) is 3.11. The highest BCUT2D eigenvalue weighted by atomic mass is 16.1. The van der Waals surface area contributed by atoms with Crippen molar-refractivity contribution in [3.8, 4) is 0 Å². The summed E-state index contributed by atoms with van der Waals surface area (Å²) in [5.41, 5.74) is 5.27. The van der Waals surface area contributed by atoms with Gasteiger partial charge in [0.15, 0.2) is 0 Å². The number of nitrogens with one attached hydrogen (secondary N) is 1. The van der Waals surface area contributed by atoms with E-state index in [0.717, 1.165) is 41.9 Å². The van der Waals surface area contributed by atoms with Gasteiger partial charge in [-0.25, -0.2) is 4.98 Å². The van der Waals surface area contributed by atoms with Gasteiger partial charge in [-0.05, 0) is 50.5 Å². The minimum Gasteiger partial charge on any atom is -0.352 e. The molecule has 31 heavy (non-hydrogen) atoms. The average molecular weight is 420 g/mol. The molecule has 0 aliphatic carbocycles. The Bertz CT molecular complexity index is 989. The first-order chi connectivity index (χ1) is 15.1. The summed E-state index contributed by atoms with van der Waals surface area (Å²) in [6, 6.07) is 14.4. The van der Waals surface area contributed by atoms with Gasteiger partial charge in [0.1, 0.15) is 5.82 Å². The summed E-state index contributed by atoms with van der Waals surface area (Å²) in [5.74, 6) is 1.15. The quantitative estimate of drug-likeness (QED) is 0.346. The van der Waals surface area contributed by atoms with Crippen molar-refractivity contribution in [2.75, 3.05) is 6.54 Å². The van der Waals surface area contributed by atoms with Crippen LogP contribution in [-0.2, 0) is 13.0 Å². The summed E-state index contributed by atoms with van der Waals surface area (Å²) in [6.07, 6.45) is 9.52. The van der Waals surface area contributed by atoms with Crippen molar-refractivity contribution in [1.29, 1.82) is 0 Å². The van der Waals surface area contributed by atoms with Gasteiger partial charge in [0.05, 0.1) is 11.0 Å². The van der Waals surface area contributed by atoms with Crippen LogP contribution < -0.4 is 5.32 Å². The molecule has 0 aliphatic rings. The van der Waals surface area contributed by atoms with Gasteiger partial charge < -0.3 is 9.88 Å². The van der Waals surface area contributed by atoms with Crippen LogP contribution in [-0.4, -0.2) is 22.0 Å². The zero-order chi connectivity index (χ0) is 22.1. The Morgan fingerprint density at radius 1 is 0.968 bits per heavy atom. The molecular formula is C27H37N3O. The number of para-hydroxylation sites is 2. The van der Waals surface area contributed by atoms with Crippen molar-refractivity contribution < 1.29 is 4.79 Å². The lowest BCUT2D eigenvalue weighted by Gasteiger charge is -2.11. The number of imidazole rings is 1. The highest BCUT2D eigenvalue weighted by molar-refractivity contribution is 5.95. The number of carbonyl (C=O) groups excluding carboxylic acids is 1. The summed E-state index contributed by atoms with van der Waals surface area (Å²) in [7, 11) is 0. The van der Waals surface area contributed by atoms with Gasteiger partial charge in [-0.2, -0.15) is 0 Å². The highest BCUT2D eigenvalue weighted by Crippen LogP contribution is 2.19. The van der Waals surface area contributed by atoms with Crippen molar-refractivity contribution in [3.63, 3.8) is 0 Å². The zero-order valence-corrected chi connectivity index (χ0v) is 19.4. The molecule has 0 aliphatic heterocycles. The largest absolute Gasteiger partial charge is 0.352 e. The van der Waals surface area contributed by atoms with Crippen molar-refractivity contribution >= 4 is 16.9 Å². The summed E-state index contributed by atoms with van der Waals surface area (Å²) in [6.45, 7) is 7.98. The second-order valence-corrected chi connectivity index (χ2v) is 8.61. The van der Waals surface area contributed by atoms with E-state index < -0.39 is 0 Å². The van der Waals surface area contributed by atoms with Crippen LogP contribution in [0.15, 0.2) is 42.5 Å². The number of hydrogen-bond donors (Lipinski definition) is 1. The van der Waals surface area contributed by atoms with E-state index in [2.05, 4.69) is 47.1 Å². The van der Waals surface area contributed by atoms with Gasteiger partial charge in [-0.15, -0.1) is 0 Å². The molecule has 1 N–H and O–H groups in total. The Hall–Kier alpha value is -2.62. The van der Waals surface area contributed by atoms with Gasteiger partial charge in [0.2, 0.25) is 0 Å². The van der Waals surface area contributed by atoms with Crippen LogP contribution >= 0.6 is 0 Å². The Morgan fingerprint density at radius 2 is 1.74 bits per heavy atom. The number of amides is 1. The summed E-state index contributed by atoms with van der Waals surface area (Å²) in [5, 5.41) is 3.08. The molecule has 1 amide bonds. The maximum Gasteiger partial charge on any atom is 0.251 e. The molecule has 166 valence electrons. The van der Waals surface area contributed by atoms with Gasteiger partial charge in [0, 0.05) is 25.1 Å². The number of nitrogens with zero attached hydrogens (tertiary/aromatic N) is 2. The van der Waals surface area contributed by atoms with Gasteiger partial charge in [-0.3, -0.25) is 4.79 Å². The number of aryl methyl sites for hydroxylation is 4. The van der Waals surface area contributed by atoms with Gasteiger partial charge in [-0.1, -0.05) is 68.9 Å². The lowest BCUT2D eigenvalue weighted by atomic mass is 10.1. The normalized spacial score (nSPS) is 11.2. The molecule has 0 radical (unpaired) electrons. The maximum atomic E-state index is 12.5. The molecule has 0 fully saturated rings. The molecule has 0 saturated heterocycles. The van der Waals surface area contributed by atoms with E-state index in [0.29, 0.717) is 6.54 Å². The number of benzene rings is 2. The minimum absolute atomic E-state index is 0.0121. The smallest absolute Gasteiger partial charge is 0.251 e. The molecule has 1 aromatic heterocycles. The van der Waals surface area contributed by atoms with Crippen LogP contribution in [0.2, 0.25) is 0 Å². The van der Waals surface area contributed by atoms with Crippen LogP contribution in [0.25, 0.3) is 11.0 Å². The fourth-order valence-electron chi connectivity index (χ4n) is 4.23. The number of unbranched alkanes of at least 4 members (excludes halogenated alkanes) is 5. The number of aromatic nitrogens is 2. The third-order valence-electron chi connectivity index (χ3n) is 5.96. The number of rotatable bonds is 12. The van der Waals surface area contributed by atoms with E-state index in [4.69, 9.17) is 4.98 Å². The summed E-state index contributed by atoms with van der Waals surface area (Å²) >= 11 is 0. The number of hydrogen-bond acceptors (Lipinski definition) is 2. The molecule has 0 unspecified atom stereocenters. The monoisotopic (exact) mass is 419 g/mol. The van der Waals surface area contributed by atoms with Crippen molar-refractivity contribution in [1.82, 2.24) is 14.9 Å². The first-order valence-electron chi connectivity index (χ1n) is 11.9. The molecule has 4 heteroatoms. The predicted octanol–water partition coefficient (Wildman–Crippen LogP) is 6.38. The third-order valence-corrected chi connectivity index (χ3v) is 5.96. The molecular weight excluding hydrogens is 382 g/mol. The van der Waals surface area contributed by atoms with E-state index >= 15 is 0 Å². The summed E-state index contributed by atoms with van der Waals surface area (Å²) < 4.78 is 2.39. The Kier molecular flexibility index (Phi) is 8.69. The lowest BCUT2D eigenvalue weighted by Crippen LogP contribution is -2.25. The maximum absolute atomic E-state index is 12.5. The van der Waals surface area contributed by atoms with Crippen molar-refractivity contribution in [2.24, 2.45) is 0 Å². The van der Waals surface area contributed by atoms with Gasteiger partial charge >= 0.3 is 0 Å². The Morgan fingerprint density at radius 3 is 2.55 bits per heavy atom. The fraction of sp³-hybridized carbons (Fsp3) is 0.481. The molecule has 0 atom stereocenters. The van der Waals surface area contributed by atoms with Crippen LogP contribution in [0.3, 0.4) is 0 Å². The van der Waals surface area contributed by atoms with Crippen LogP contribution in [0, 0.1) is 13.8 Å². The van der Waals surface area contributed by atoms with E-state index in [-0.39, 0.29) is 5.91 Å². The Balaban J connectivity index is 1.55. The van der Waals surface area contributed by atoms with Gasteiger partial charge in [0.25, 0.3) is 5.91 Å². The molecule has 4 nitrogen and oxygen atoms in total. The van der Waals surface area contributed by atoms with Crippen LogP contribution in [0.1, 0.15) is 79.2 Å². The molecule has 2 aromatic carbocycles. The van der Waals surface area contributed by atoms with Crippen molar-refractivity contribution in [2.45, 2.75) is 78.7 Å². The first kappa shape index (κ1) is 23.1. The Labute approximate surface area is 187 Å². The SMILES string of the molecule is CCCCCCCCn1c(CCCNC(=O)c2ccc(C)cc2C)nc2ccccc21. The number of fused-ring (bicyclic) bond motifs is 1.